The molecule has 1 heterocycles. The number of benzene rings is 3. The molecule has 0 aliphatic carbocycles. The van der Waals surface area contributed by atoms with E-state index in [9.17, 15) is 4.79 Å². The number of aryl methyl sites for hydroxylation is 2. The van der Waals surface area contributed by atoms with Crippen molar-refractivity contribution in [3.63, 3.8) is 0 Å². The first-order valence-electron chi connectivity index (χ1n) is 9.62. The summed E-state index contributed by atoms with van der Waals surface area (Å²) < 4.78 is 8.27. The third-order valence-corrected chi connectivity index (χ3v) is 5.45. The number of aliphatic hydroxyl groups excluding tert-OH is 1. The minimum Gasteiger partial charge on any atom is -0.491 e. The van der Waals surface area contributed by atoms with Crippen molar-refractivity contribution in [2.75, 3.05) is 13.2 Å². The molecule has 0 atom stereocenters. The summed E-state index contributed by atoms with van der Waals surface area (Å²) in [6, 6.07) is 18.9. The van der Waals surface area contributed by atoms with Crippen LogP contribution in [0.5, 0.6) is 5.75 Å². The van der Waals surface area contributed by atoms with Gasteiger partial charge in [-0.1, -0.05) is 28.1 Å². The number of rotatable bonds is 5. The van der Waals surface area contributed by atoms with E-state index in [-0.39, 0.29) is 18.8 Å². The molecule has 0 aliphatic rings. The predicted molar refractivity (Wildman–Crippen MR) is 123 cm³/mol. The monoisotopic (exact) mass is 464 g/mol. The summed E-state index contributed by atoms with van der Waals surface area (Å²) in [5.74, 6) is 1.31. The molecule has 0 saturated carbocycles. The third-order valence-electron chi connectivity index (χ3n) is 4.92. The van der Waals surface area contributed by atoms with Crippen molar-refractivity contribution < 1.29 is 9.84 Å². The van der Waals surface area contributed by atoms with Gasteiger partial charge in [0.15, 0.2) is 0 Å². The number of hydrogen-bond donors (Lipinski definition) is 1. The molecule has 0 bridgehead atoms. The van der Waals surface area contributed by atoms with Crippen LogP contribution in [0.25, 0.3) is 28.0 Å². The minimum atomic E-state index is -0.117. The molecule has 0 aliphatic heterocycles. The van der Waals surface area contributed by atoms with Gasteiger partial charge in [-0.25, -0.2) is 4.98 Å². The molecular formula is C24H21BrN2O3. The van der Waals surface area contributed by atoms with Crippen molar-refractivity contribution in [1.29, 1.82) is 0 Å². The van der Waals surface area contributed by atoms with Gasteiger partial charge < -0.3 is 9.84 Å². The number of halogens is 1. The number of fused-ring (bicyclic) bond motifs is 1. The van der Waals surface area contributed by atoms with Gasteiger partial charge in [0.05, 0.1) is 23.2 Å². The number of para-hydroxylation sites is 1. The Morgan fingerprint density at radius 2 is 1.70 bits per heavy atom. The number of aromatic nitrogens is 2. The summed E-state index contributed by atoms with van der Waals surface area (Å²) in [6.07, 6.45) is 0. The maximum absolute atomic E-state index is 13.4. The quantitative estimate of drug-likeness (QED) is 0.460. The largest absolute Gasteiger partial charge is 0.491 e. The lowest BCUT2D eigenvalue weighted by atomic mass is 10.0. The maximum atomic E-state index is 13.4. The van der Waals surface area contributed by atoms with Crippen LogP contribution < -0.4 is 10.3 Å². The lowest BCUT2D eigenvalue weighted by Crippen LogP contribution is -2.22. The Labute approximate surface area is 182 Å². The van der Waals surface area contributed by atoms with Crippen LogP contribution in [0.3, 0.4) is 0 Å². The first-order chi connectivity index (χ1) is 14.5. The highest BCUT2D eigenvalue weighted by molar-refractivity contribution is 9.10. The number of ether oxygens (including phenoxy) is 1. The number of nitrogens with zero attached hydrogens (tertiary/aromatic N) is 2. The topological polar surface area (TPSA) is 64.4 Å². The standard InChI is InChI=1S/C24H21BrN2O3/c1-15-13-17(14-16(2)22(15)30-12-11-28)23-26-21-6-4-3-5-20(21)24(29)27(23)19-9-7-18(25)8-10-19/h3-10,13-14,28H,11-12H2,1-2H3. The van der Waals surface area contributed by atoms with Gasteiger partial charge in [-0.05, 0) is 73.5 Å². The van der Waals surface area contributed by atoms with Crippen molar-refractivity contribution in [1.82, 2.24) is 9.55 Å². The zero-order valence-corrected chi connectivity index (χ0v) is 18.3. The van der Waals surface area contributed by atoms with Crippen molar-refractivity contribution in [2.45, 2.75) is 13.8 Å². The van der Waals surface area contributed by atoms with E-state index < -0.39 is 0 Å². The van der Waals surface area contributed by atoms with E-state index in [2.05, 4.69) is 15.9 Å². The first kappa shape index (κ1) is 20.3. The Morgan fingerprint density at radius 3 is 2.37 bits per heavy atom. The second-order valence-corrected chi connectivity index (χ2v) is 8.00. The molecule has 3 aromatic carbocycles. The summed E-state index contributed by atoms with van der Waals surface area (Å²) in [4.78, 5) is 18.3. The molecule has 6 heteroatoms. The van der Waals surface area contributed by atoms with Crippen LogP contribution >= 0.6 is 15.9 Å². The lowest BCUT2D eigenvalue weighted by molar-refractivity contribution is 0.200. The lowest BCUT2D eigenvalue weighted by Gasteiger charge is -2.17. The summed E-state index contributed by atoms with van der Waals surface area (Å²) >= 11 is 3.45. The molecule has 4 rings (SSSR count). The van der Waals surface area contributed by atoms with E-state index in [4.69, 9.17) is 14.8 Å². The van der Waals surface area contributed by atoms with Crippen molar-refractivity contribution >= 4 is 26.8 Å². The molecule has 0 spiro atoms. The van der Waals surface area contributed by atoms with E-state index in [1.165, 1.54) is 0 Å². The number of aliphatic hydroxyl groups is 1. The van der Waals surface area contributed by atoms with Crippen LogP contribution in [-0.4, -0.2) is 27.9 Å². The van der Waals surface area contributed by atoms with E-state index in [1.54, 1.807) is 10.6 Å². The van der Waals surface area contributed by atoms with Crippen LogP contribution in [0.15, 0.2) is 69.9 Å². The van der Waals surface area contributed by atoms with Crippen molar-refractivity contribution in [2.24, 2.45) is 0 Å². The molecule has 0 fully saturated rings. The molecular weight excluding hydrogens is 444 g/mol. The number of hydrogen-bond acceptors (Lipinski definition) is 4. The highest BCUT2D eigenvalue weighted by atomic mass is 79.9. The zero-order valence-electron chi connectivity index (χ0n) is 16.7. The Morgan fingerprint density at radius 1 is 1.03 bits per heavy atom. The average molecular weight is 465 g/mol. The summed E-state index contributed by atoms with van der Waals surface area (Å²) in [5.41, 5.74) is 3.95. The van der Waals surface area contributed by atoms with E-state index in [0.717, 1.165) is 32.6 Å². The maximum Gasteiger partial charge on any atom is 0.266 e. The molecule has 0 amide bonds. The van der Waals surface area contributed by atoms with Crippen LogP contribution in [0, 0.1) is 13.8 Å². The molecule has 30 heavy (non-hydrogen) atoms. The minimum absolute atomic E-state index is 0.0457. The van der Waals surface area contributed by atoms with Crippen LogP contribution in [-0.2, 0) is 0 Å². The van der Waals surface area contributed by atoms with E-state index >= 15 is 0 Å². The van der Waals surface area contributed by atoms with Gasteiger partial charge in [-0.2, -0.15) is 0 Å². The normalized spacial score (nSPS) is 11.1. The highest BCUT2D eigenvalue weighted by Crippen LogP contribution is 2.31. The fourth-order valence-electron chi connectivity index (χ4n) is 3.61. The second-order valence-electron chi connectivity index (χ2n) is 7.08. The smallest absolute Gasteiger partial charge is 0.266 e. The van der Waals surface area contributed by atoms with Gasteiger partial charge >= 0.3 is 0 Å². The fraction of sp³-hybridized carbons (Fsp3) is 0.167. The van der Waals surface area contributed by atoms with Gasteiger partial charge in [-0.3, -0.25) is 9.36 Å². The molecule has 0 unspecified atom stereocenters. The zero-order chi connectivity index (χ0) is 21.3. The molecule has 1 aromatic heterocycles. The predicted octanol–water partition coefficient (Wildman–Crippen LogP) is 4.80. The second kappa shape index (κ2) is 8.42. The van der Waals surface area contributed by atoms with Gasteiger partial charge in [-0.15, -0.1) is 0 Å². The fourth-order valence-corrected chi connectivity index (χ4v) is 3.88. The van der Waals surface area contributed by atoms with Crippen molar-refractivity contribution in [3.05, 3.63) is 86.6 Å². The SMILES string of the molecule is Cc1cc(-c2nc3ccccc3c(=O)n2-c2ccc(Br)cc2)cc(C)c1OCCO. The Balaban J connectivity index is 1.99. The van der Waals surface area contributed by atoms with Crippen molar-refractivity contribution in [3.8, 4) is 22.8 Å². The molecule has 0 saturated heterocycles. The first-order valence-corrected chi connectivity index (χ1v) is 10.4. The Bertz CT molecular complexity index is 1260. The molecule has 5 nitrogen and oxygen atoms in total. The Hall–Kier alpha value is -2.96. The third kappa shape index (κ3) is 3.76. The molecule has 1 N–H and O–H groups in total. The Kier molecular flexibility index (Phi) is 5.70. The summed E-state index contributed by atoms with van der Waals surface area (Å²) in [5, 5.41) is 9.65. The van der Waals surface area contributed by atoms with E-state index in [0.29, 0.717) is 16.7 Å². The van der Waals surface area contributed by atoms with Crippen LogP contribution in [0.1, 0.15) is 11.1 Å². The molecule has 0 radical (unpaired) electrons. The summed E-state index contributed by atoms with van der Waals surface area (Å²) in [6.45, 7) is 4.09. The molecule has 152 valence electrons. The molecule has 4 aromatic rings. The van der Waals surface area contributed by atoms with Gasteiger partial charge in [0.2, 0.25) is 0 Å². The summed E-state index contributed by atoms with van der Waals surface area (Å²) in [7, 11) is 0. The highest BCUT2D eigenvalue weighted by Gasteiger charge is 2.16. The average Bonchev–Trinajstić information content (AvgIpc) is 2.74. The van der Waals surface area contributed by atoms with Crippen LogP contribution in [0.4, 0.5) is 0 Å². The van der Waals surface area contributed by atoms with Gasteiger partial charge in [0.1, 0.15) is 18.2 Å². The van der Waals surface area contributed by atoms with Gasteiger partial charge in [0.25, 0.3) is 5.56 Å². The van der Waals surface area contributed by atoms with E-state index in [1.807, 2.05) is 68.4 Å². The van der Waals surface area contributed by atoms with Crippen LogP contribution in [0.2, 0.25) is 0 Å². The van der Waals surface area contributed by atoms with Gasteiger partial charge in [0, 0.05) is 10.0 Å².